The van der Waals surface area contributed by atoms with Gasteiger partial charge in [0.05, 0.1) is 0 Å². The van der Waals surface area contributed by atoms with Gasteiger partial charge in [0, 0.05) is 6.54 Å². The second kappa shape index (κ2) is 6.41. The fraction of sp³-hybridized carbons (Fsp3) is 0.467. The van der Waals surface area contributed by atoms with E-state index in [4.69, 9.17) is 9.84 Å². The highest BCUT2D eigenvalue weighted by molar-refractivity contribution is 5.84. The third-order valence-corrected chi connectivity index (χ3v) is 3.46. The van der Waals surface area contributed by atoms with Gasteiger partial charge in [-0.25, -0.2) is 4.79 Å². The lowest BCUT2D eigenvalue weighted by Crippen LogP contribution is -2.49. The van der Waals surface area contributed by atoms with Crippen molar-refractivity contribution in [2.24, 2.45) is 0 Å². The number of hydrogen-bond acceptors (Lipinski definition) is 3. The van der Waals surface area contributed by atoms with Crippen LogP contribution >= 0.6 is 0 Å². The molecule has 1 fully saturated rings. The number of aryl methyl sites for hydroxylation is 1. The fourth-order valence-corrected chi connectivity index (χ4v) is 2.42. The summed E-state index contributed by atoms with van der Waals surface area (Å²) < 4.78 is 5.45. The number of carboxylic acid groups (broad SMARTS) is 1. The maximum Gasteiger partial charge on any atom is 0.326 e. The number of rotatable bonds is 4. The molecule has 1 aromatic carbocycles. The number of carbonyl (C=O) groups is 2. The van der Waals surface area contributed by atoms with Crippen LogP contribution in [0.25, 0.3) is 0 Å². The Labute approximate surface area is 118 Å². The van der Waals surface area contributed by atoms with Gasteiger partial charge in [0.25, 0.3) is 5.91 Å². The summed E-state index contributed by atoms with van der Waals surface area (Å²) in [7, 11) is 0. The normalized spacial score (nSPS) is 18.6. The molecule has 1 N–H and O–H groups in total. The number of benzene rings is 1. The molecule has 20 heavy (non-hydrogen) atoms. The molecule has 0 bridgehead atoms. The van der Waals surface area contributed by atoms with E-state index in [-0.39, 0.29) is 12.5 Å². The minimum absolute atomic E-state index is 0.118. The first-order valence-corrected chi connectivity index (χ1v) is 6.79. The Kier molecular flexibility index (Phi) is 4.61. The molecule has 1 heterocycles. The maximum atomic E-state index is 12.1. The first-order valence-electron chi connectivity index (χ1n) is 6.79. The molecule has 1 aliphatic rings. The molecule has 1 amide bonds. The molecule has 5 heteroatoms. The Morgan fingerprint density at radius 2 is 2.20 bits per heavy atom. The second-order valence-electron chi connectivity index (χ2n) is 5.04. The number of carboxylic acids is 1. The van der Waals surface area contributed by atoms with Gasteiger partial charge >= 0.3 is 5.97 Å². The highest BCUT2D eigenvalue weighted by atomic mass is 16.5. The van der Waals surface area contributed by atoms with Gasteiger partial charge in [-0.3, -0.25) is 4.79 Å². The SMILES string of the molecule is Cc1cccc(OCC(=O)N2CCCC[C@H]2C(=O)O)c1. The first kappa shape index (κ1) is 14.4. The highest BCUT2D eigenvalue weighted by Gasteiger charge is 2.31. The van der Waals surface area contributed by atoms with E-state index in [1.165, 1.54) is 4.90 Å². The summed E-state index contributed by atoms with van der Waals surface area (Å²) in [4.78, 5) is 24.7. The third-order valence-electron chi connectivity index (χ3n) is 3.46. The lowest BCUT2D eigenvalue weighted by atomic mass is 10.0. The monoisotopic (exact) mass is 277 g/mol. The predicted molar refractivity (Wildman–Crippen MR) is 73.7 cm³/mol. The molecule has 0 aliphatic carbocycles. The summed E-state index contributed by atoms with van der Waals surface area (Å²) in [6.45, 7) is 2.32. The van der Waals surface area contributed by atoms with Gasteiger partial charge in [-0.1, -0.05) is 12.1 Å². The largest absolute Gasteiger partial charge is 0.484 e. The summed E-state index contributed by atoms with van der Waals surface area (Å²) in [5.41, 5.74) is 1.05. The van der Waals surface area contributed by atoms with Gasteiger partial charge in [0.1, 0.15) is 11.8 Å². The highest BCUT2D eigenvalue weighted by Crippen LogP contribution is 2.18. The Morgan fingerprint density at radius 1 is 1.40 bits per heavy atom. The molecule has 108 valence electrons. The molecule has 5 nitrogen and oxygen atoms in total. The van der Waals surface area contributed by atoms with E-state index >= 15 is 0 Å². The minimum Gasteiger partial charge on any atom is -0.484 e. The van der Waals surface area contributed by atoms with Crippen molar-refractivity contribution in [3.8, 4) is 5.75 Å². The standard InChI is InChI=1S/C15H19NO4/c1-11-5-4-6-12(9-11)20-10-14(17)16-8-3-2-7-13(16)15(18)19/h4-6,9,13H,2-3,7-8,10H2,1H3,(H,18,19)/t13-/m0/s1. The van der Waals surface area contributed by atoms with E-state index in [2.05, 4.69) is 0 Å². The van der Waals surface area contributed by atoms with E-state index in [0.717, 1.165) is 18.4 Å². The average Bonchev–Trinajstić information content (AvgIpc) is 2.45. The van der Waals surface area contributed by atoms with E-state index in [9.17, 15) is 9.59 Å². The fourth-order valence-electron chi connectivity index (χ4n) is 2.42. The molecule has 0 spiro atoms. The topological polar surface area (TPSA) is 66.8 Å². The van der Waals surface area contributed by atoms with Crippen LogP contribution in [0.3, 0.4) is 0 Å². The number of aliphatic carboxylic acids is 1. The van der Waals surface area contributed by atoms with Crippen molar-refractivity contribution in [1.29, 1.82) is 0 Å². The van der Waals surface area contributed by atoms with Crippen LogP contribution in [0.1, 0.15) is 24.8 Å². The van der Waals surface area contributed by atoms with Crippen molar-refractivity contribution in [2.45, 2.75) is 32.2 Å². The summed E-state index contributed by atoms with van der Waals surface area (Å²) in [5, 5.41) is 9.14. The first-order chi connectivity index (χ1) is 9.58. The maximum absolute atomic E-state index is 12.1. The van der Waals surface area contributed by atoms with Crippen LogP contribution in [0.15, 0.2) is 24.3 Å². The lowest BCUT2D eigenvalue weighted by molar-refractivity contribution is -0.152. The Morgan fingerprint density at radius 3 is 2.90 bits per heavy atom. The second-order valence-corrected chi connectivity index (χ2v) is 5.04. The number of ether oxygens (including phenoxy) is 1. The summed E-state index contributed by atoms with van der Waals surface area (Å²) in [5.74, 6) is -0.575. The van der Waals surface area contributed by atoms with Gasteiger partial charge in [-0.05, 0) is 43.9 Å². The molecule has 0 saturated carbocycles. The van der Waals surface area contributed by atoms with Crippen molar-refractivity contribution < 1.29 is 19.4 Å². The molecule has 1 aromatic rings. The zero-order valence-electron chi connectivity index (χ0n) is 11.5. The predicted octanol–water partition coefficient (Wildman–Crippen LogP) is 1.84. The zero-order valence-corrected chi connectivity index (χ0v) is 11.5. The smallest absolute Gasteiger partial charge is 0.326 e. The number of hydrogen-bond donors (Lipinski definition) is 1. The summed E-state index contributed by atoms with van der Waals surface area (Å²) in [6, 6.07) is 6.72. The molecular formula is C15H19NO4. The van der Waals surface area contributed by atoms with Crippen molar-refractivity contribution in [3.63, 3.8) is 0 Å². The molecule has 1 aliphatic heterocycles. The average molecular weight is 277 g/mol. The third kappa shape index (κ3) is 3.50. The van der Waals surface area contributed by atoms with E-state index in [0.29, 0.717) is 18.7 Å². The summed E-state index contributed by atoms with van der Waals surface area (Å²) >= 11 is 0. The van der Waals surface area contributed by atoms with Crippen molar-refractivity contribution >= 4 is 11.9 Å². The molecule has 0 radical (unpaired) electrons. The van der Waals surface area contributed by atoms with Gasteiger partial charge in [0.15, 0.2) is 6.61 Å². The Bertz CT molecular complexity index is 500. The van der Waals surface area contributed by atoms with Crippen LogP contribution < -0.4 is 4.74 Å². The van der Waals surface area contributed by atoms with Gasteiger partial charge < -0.3 is 14.7 Å². The van der Waals surface area contributed by atoms with E-state index < -0.39 is 12.0 Å². The Hall–Kier alpha value is -2.04. The molecule has 1 atom stereocenters. The van der Waals surface area contributed by atoms with Crippen molar-refractivity contribution in [1.82, 2.24) is 4.90 Å². The van der Waals surface area contributed by atoms with Crippen molar-refractivity contribution in [3.05, 3.63) is 29.8 Å². The zero-order chi connectivity index (χ0) is 14.5. The van der Waals surface area contributed by atoms with Gasteiger partial charge in [0.2, 0.25) is 0 Å². The lowest BCUT2D eigenvalue weighted by Gasteiger charge is -2.32. The number of likely N-dealkylation sites (tertiary alicyclic amines) is 1. The van der Waals surface area contributed by atoms with Crippen LogP contribution in [0.4, 0.5) is 0 Å². The van der Waals surface area contributed by atoms with Crippen LogP contribution in [-0.4, -0.2) is 41.1 Å². The van der Waals surface area contributed by atoms with E-state index in [1.54, 1.807) is 6.07 Å². The van der Waals surface area contributed by atoms with E-state index in [1.807, 2.05) is 25.1 Å². The molecule has 2 rings (SSSR count). The van der Waals surface area contributed by atoms with Crippen LogP contribution in [-0.2, 0) is 9.59 Å². The minimum atomic E-state index is -0.936. The molecule has 0 aromatic heterocycles. The quantitative estimate of drug-likeness (QED) is 0.912. The number of piperidine rings is 1. The number of carbonyl (C=O) groups excluding carboxylic acids is 1. The van der Waals surface area contributed by atoms with Crippen LogP contribution in [0.2, 0.25) is 0 Å². The van der Waals surface area contributed by atoms with Gasteiger partial charge in [-0.15, -0.1) is 0 Å². The number of amides is 1. The van der Waals surface area contributed by atoms with Crippen molar-refractivity contribution in [2.75, 3.05) is 13.2 Å². The Balaban J connectivity index is 1.95. The summed E-state index contributed by atoms with van der Waals surface area (Å²) in [6.07, 6.45) is 2.21. The number of nitrogens with zero attached hydrogens (tertiary/aromatic N) is 1. The van der Waals surface area contributed by atoms with Crippen LogP contribution in [0, 0.1) is 6.92 Å². The molecule has 1 saturated heterocycles. The van der Waals surface area contributed by atoms with Crippen LogP contribution in [0.5, 0.6) is 5.75 Å². The molecular weight excluding hydrogens is 258 g/mol. The molecule has 0 unspecified atom stereocenters. The van der Waals surface area contributed by atoms with Gasteiger partial charge in [-0.2, -0.15) is 0 Å².